The van der Waals surface area contributed by atoms with Crippen molar-refractivity contribution in [2.75, 3.05) is 5.43 Å². The number of hydrogen-bond donors (Lipinski definition) is 2. The third-order valence-corrected chi connectivity index (χ3v) is 2.00. The maximum Gasteiger partial charge on any atom is 0.280 e. The third kappa shape index (κ3) is 3.10. The van der Waals surface area contributed by atoms with E-state index in [2.05, 4.69) is 17.5 Å². The highest BCUT2D eigenvalue weighted by atomic mass is 16.1. The molecule has 0 aliphatic carbocycles. The van der Waals surface area contributed by atoms with E-state index in [4.69, 9.17) is 11.0 Å². The molecule has 0 atom stereocenters. The monoisotopic (exact) mass is 216 g/mol. The van der Waals surface area contributed by atoms with Crippen LogP contribution in [-0.2, 0) is 11.2 Å². The zero-order valence-corrected chi connectivity index (χ0v) is 8.90. The van der Waals surface area contributed by atoms with Gasteiger partial charge in [-0.1, -0.05) is 19.1 Å². The quantitative estimate of drug-likeness (QED) is 0.581. The fraction of sp³-hybridized carbons (Fsp3) is 0.182. The van der Waals surface area contributed by atoms with Gasteiger partial charge in [0.25, 0.3) is 5.91 Å². The van der Waals surface area contributed by atoms with Crippen LogP contribution in [0, 0.1) is 11.3 Å². The Labute approximate surface area is 93.6 Å². The number of nitrogens with one attached hydrogen (secondary N) is 1. The lowest BCUT2D eigenvalue weighted by Gasteiger charge is -2.01. The summed E-state index contributed by atoms with van der Waals surface area (Å²) in [5.41, 5.74) is 9.07. The number of amides is 1. The van der Waals surface area contributed by atoms with Gasteiger partial charge in [-0.2, -0.15) is 10.4 Å². The minimum atomic E-state index is -0.847. The molecular weight excluding hydrogens is 204 g/mol. The highest BCUT2D eigenvalue weighted by Gasteiger charge is 2.04. The van der Waals surface area contributed by atoms with Gasteiger partial charge in [0.2, 0.25) is 5.71 Å². The smallest absolute Gasteiger partial charge is 0.280 e. The third-order valence-electron chi connectivity index (χ3n) is 2.00. The van der Waals surface area contributed by atoms with Gasteiger partial charge in [-0.25, -0.2) is 0 Å². The molecule has 1 rings (SSSR count). The summed E-state index contributed by atoms with van der Waals surface area (Å²) >= 11 is 0. The molecule has 0 aliphatic heterocycles. The largest absolute Gasteiger partial charge is 0.364 e. The van der Waals surface area contributed by atoms with Crippen molar-refractivity contribution in [2.45, 2.75) is 13.3 Å². The molecule has 3 N–H and O–H groups in total. The molecule has 1 aromatic rings. The Balaban J connectivity index is 2.74. The van der Waals surface area contributed by atoms with Gasteiger partial charge in [0.15, 0.2) is 0 Å². The summed E-state index contributed by atoms with van der Waals surface area (Å²) in [6.07, 6.45) is 0.953. The van der Waals surface area contributed by atoms with Crippen LogP contribution in [0.2, 0.25) is 0 Å². The standard InChI is InChI=1S/C11H12N4O/c1-2-8-3-5-9(6-4-8)14-15-10(7-12)11(13)16/h3-6,14H,2H2,1H3,(H2,13,16)/b15-10+. The van der Waals surface area contributed by atoms with Gasteiger partial charge in [-0.3, -0.25) is 10.2 Å². The highest BCUT2D eigenvalue weighted by Crippen LogP contribution is 2.09. The summed E-state index contributed by atoms with van der Waals surface area (Å²) in [7, 11) is 0. The van der Waals surface area contributed by atoms with Crippen LogP contribution in [-0.4, -0.2) is 11.6 Å². The number of rotatable bonds is 4. The van der Waals surface area contributed by atoms with Gasteiger partial charge in [0, 0.05) is 0 Å². The van der Waals surface area contributed by atoms with Crippen molar-refractivity contribution >= 4 is 17.3 Å². The van der Waals surface area contributed by atoms with E-state index in [0.29, 0.717) is 5.69 Å². The van der Waals surface area contributed by atoms with Crippen molar-refractivity contribution in [1.29, 1.82) is 5.26 Å². The number of nitrogens with two attached hydrogens (primary N) is 1. The number of anilines is 1. The first-order valence-corrected chi connectivity index (χ1v) is 4.80. The fourth-order valence-electron chi connectivity index (χ4n) is 1.07. The zero-order chi connectivity index (χ0) is 12.0. The molecule has 0 saturated heterocycles. The maximum absolute atomic E-state index is 10.7. The highest BCUT2D eigenvalue weighted by molar-refractivity contribution is 6.44. The Kier molecular flexibility index (Phi) is 4.04. The minimum Gasteiger partial charge on any atom is -0.364 e. The van der Waals surface area contributed by atoms with Gasteiger partial charge in [-0.05, 0) is 24.1 Å². The van der Waals surface area contributed by atoms with Crippen molar-refractivity contribution < 1.29 is 4.79 Å². The SMILES string of the molecule is CCc1ccc(N/N=C(\C#N)C(N)=O)cc1. The molecule has 82 valence electrons. The molecule has 0 bridgehead atoms. The first kappa shape index (κ1) is 11.7. The number of carbonyl (C=O) groups is 1. The number of carbonyl (C=O) groups excluding carboxylic acids is 1. The summed E-state index contributed by atoms with van der Waals surface area (Å²) in [6.45, 7) is 2.06. The summed E-state index contributed by atoms with van der Waals surface area (Å²) in [4.78, 5) is 10.7. The van der Waals surface area contributed by atoms with E-state index in [-0.39, 0.29) is 5.71 Å². The fourth-order valence-corrected chi connectivity index (χ4v) is 1.07. The predicted molar refractivity (Wildman–Crippen MR) is 61.7 cm³/mol. The van der Waals surface area contributed by atoms with Crippen LogP contribution < -0.4 is 11.2 Å². The van der Waals surface area contributed by atoms with Crippen molar-refractivity contribution in [2.24, 2.45) is 10.8 Å². The second kappa shape index (κ2) is 5.51. The Morgan fingerprint density at radius 3 is 2.56 bits per heavy atom. The van der Waals surface area contributed by atoms with Crippen molar-refractivity contribution in [3.63, 3.8) is 0 Å². The van der Waals surface area contributed by atoms with Gasteiger partial charge < -0.3 is 5.73 Å². The first-order chi connectivity index (χ1) is 7.67. The first-order valence-electron chi connectivity index (χ1n) is 4.80. The number of benzene rings is 1. The Morgan fingerprint density at radius 1 is 1.50 bits per heavy atom. The normalized spacial score (nSPS) is 10.6. The molecule has 0 saturated carbocycles. The molecular formula is C11H12N4O. The van der Waals surface area contributed by atoms with Crippen LogP contribution in [0.25, 0.3) is 0 Å². The summed E-state index contributed by atoms with van der Waals surface area (Å²) in [6, 6.07) is 9.12. The Bertz CT molecular complexity index is 442. The summed E-state index contributed by atoms with van der Waals surface area (Å²) < 4.78 is 0. The van der Waals surface area contributed by atoms with E-state index in [1.807, 2.05) is 24.3 Å². The molecule has 0 aliphatic rings. The number of aryl methyl sites for hydroxylation is 1. The molecule has 5 heteroatoms. The van der Waals surface area contributed by atoms with Crippen LogP contribution in [0.5, 0.6) is 0 Å². The van der Waals surface area contributed by atoms with Gasteiger partial charge in [-0.15, -0.1) is 0 Å². The Morgan fingerprint density at radius 2 is 2.12 bits per heavy atom. The second-order valence-corrected chi connectivity index (χ2v) is 3.10. The van der Waals surface area contributed by atoms with Crippen molar-refractivity contribution in [1.82, 2.24) is 0 Å². The molecule has 16 heavy (non-hydrogen) atoms. The number of nitrogens with zero attached hydrogens (tertiary/aromatic N) is 2. The van der Waals surface area contributed by atoms with E-state index >= 15 is 0 Å². The zero-order valence-electron chi connectivity index (χ0n) is 8.90. The van der Waals surface area contributed by atoms with Crippen molar-refractivity contribution in [3.05, 3.63) is 29.8 Å². The molecule has 0 heterocycles. The van der Waals surface area contributed by atoms with Crippen LogP contribution in [0.15, 0.2) is 29.4 Å². The van der Waals surface area contributed by atoms with E-state index in [1.165, 1.54) is 5.56 Å². The lowest BCUT2D eigenvalue weighted by atomic mass is 10.2. The lowest BCUT2D eigenvalue weighted by Crippen LogP contribution is -2.22. The molecule has 1 aromatic carbocycles. The minimum absolute atomic E-state index is 0.348. The summed E-state index contributed by atoms with van der Waals surface area (Å²) in [5.74, 6) is -0.847. The van der Waals surface area contributed by atoms with Crippen LogP contribution in [0.3, 0.4) is 0 Å². The molecule has 0 aromatic heterocycles. The molecule has 0 spiro atoms. The van der Waals surface area contributed by atoms with Gasteiger partial charge >= 0.3 is 0 Å². The van der Waals surface area contributed by atoms with Crippen LogP contribution >= 0.6 is 0 Å². The van der Waals surface area contributed by atoms with E-state index < -0.39 is 5.91 Å². The number of hydrogen-bond acceptors (Lipinski definition) is 4. The lowest BCUT2D eigenvalue weighted by molar-refractivity contribution is -0.111. The van der Waals surface area contributed by atoms with Gasteiger partial charge in [0.1, 0.15) is 6.07 Å². The van der Waals surface area contributed by atoms with E-state index in [1.54, 1.807) is 6.07 Å². The predicted octanol–water partition coefficient (Wildman–Crippen LogP) is 1.03. The maximum atomic E-state index is 10.7. The van der Waals surface area contributed by atoms with Crippen LogP contribution in [0.1, 0.15) is 12.5 Å². The van der Waals surface area contributed by atoms with E-state index in [0.717, 1.165) is 6.42 Å². The number of primary amides is 1. The number of nitriles is 1. The average Bonchev–Trinajstić information content (AvgIpc) is 2.30. The van der Waals surface area contributed by atoms with Crippen molar-refractivity contribution in [3.8, 4) is 6.07 Å². The van der Waals surface area contributed by atoms with E-state index in [9.17, 15) is 4.79 Å². The summed E-state index contributed by atoms with van der Waals surface area (Å²) in [5, 5.41) is 12.1. The molecule has 5 nitrogen and oxygen atoms in total. The number of hydrazone groups is 1. The topological polar surface area (TPSA) is 91.3 Å². The van der Waals surface area contributed by atoms with Gasteiger partial charge in [0.05, 0.1) is 5.69 Å². The molecule has 0 radical (unpaired) electrons. The average molecular weight is 216 g/mol. The second-order valence-electron chi connectivity index (χ2n) is 3.10. The molecule has 0 unspecified atom stereocenters. The molecule has 0 fully saturated rings. The van der Waals surface area contributed by atoms with Crippen LogP contribution in [0.4, 0.5) is 5.69 Å². The molecule has 1 amide bonds. The Hall–Kier alpha value is -2.35.